The lowest BCUT2D eigenvalue weighted by Crippen LogP contribution is -2.17. The molecular weight excluding hydrogens is 271 g/mol. The van der Waals surface area contributed by atoms with Gasteiger partial charge in [-0.15, -0.1) is 0 Å². The molecule has 1 heterocycles. The van der Waals surface area contributed by atoms with E-state index in [1.807, 2.05) is 30.3 Å². The van der Waals surface area contributed by atoms with Crippen LogP contribution in [0.15, 0.2) is 60.8 Å². The van der Waals surface area contributed by atoms with Crippen molar-refractivity contribution in [2.75, 3.05) is 5.32 Å². The van der Waals surface area contributed by atoms with E-state index in [1.165, 1.54) is 24.3 Å². The number of aromatic nitrogens is 1. The number of nitrogens with zero attached hydrogens (tertiary/aromatic N) is 1. The van der Waals surface area contributed by atoms with Crippen LogP contribution in [0.25, 0.3) is 10.8 Å². The van der Waals surface area contributed by atoms with Crippen molar-refractivity contribution in [1.29, 1.82) is 0 Å². The molecule has 0 saturated heterocycles. The number of ether oxygens (including phenoxy) is 1. The monoisotopic (exact) mass is 282 g/mol. The highest BCUT2D eigenvalue weighted by atomic mass is 19.1. The number of anilines is 1. The zero-order valence-corrected chi connectivity index (χ0v) is 10.9. The molecule has 2 aromatic carbocycles. The van der Waals surface area contributed by atoms with Crippen LogP contribution in [-0.4, -0.2) is 11.1 Å². The molecule has 5 heteroatoms. The Kier molecular flexibility index (Phi) is 3.47. The largest absolute Gasteiger partial charge is 0.418 e. The minimum atomic E-state index is -0.675. The molecule has 3 rings (SSSR count). The molecule has 1 aromatic heterocycles. The Bertz CT molecular complexity index is 782. The first-order valence-electron chi connectivity index (χ1n) is 6.30. The van der Waals surface area contributed by atoms with Crippen LogP contribution in [0.3, 0.4) is 0 Å². The SMILES string of the molecule is O=C(Nc1ccc(F)cc1)Oc1nccc2ccccc12. The average molecular weight is 282 g/mol. The van der Waals surface area contributed by atoms with Gasteiger partial charge in [0, 0.05) is 17.3 Å². The Morgan fingerprint density at radius 2 is 1.81 bits per heavy atom. The normalized spacial score (nSPS) is 10.3. The molecule has 4 nitrogen and oxygen atoms in total. The van der Waals surface area contributed by atoms with Crippen LogP contribution in [0.5, 0.6) is 5.88 Å². The molecule has 0 aliphatic rings. The van der Waals surface area contributed by atoms with Crippen molar-refractivity contribution in [3.63, 3.8) is 0 Å². The molecule has 1 amide bonds. The van der Waals surface area contributed by atoms with E-state index in [9.17, 15) is 9.18 Å². The lowest BCUT2D eigenvalue weighted by Gasteiger charge is -2.07. The molecule has 104 valence electrons. The van der Waals surface area contributed by atoms with Crippen LogP contribution in [0.2, 0.25) is 0 Å². The highest BCUT2D eigenvalue weighted by Crippen LogP contribution is 2.22. The molecule has 0 saturated carbocycles. The summed E-state index contributed by atoms with van der Waals surface area (Å²) in [5.41, 5.74) is 0.446. The summed E-state index contributed by atoms with van der Waals surface area (Å²) in [6.07, 6.45) is 0.897. The Morgan fingerprint density at radius 3 is 2.62 bits per heavy atom. The van der Waals surface area contributed by atoms with E-state index in [0.29, 0.717) is 5.69 Å². The number of rotatable bonds is 2. The van der Waals surface area contributed by atoms with Crippen molar-refractivity contribution in [3.8, 4) is 5.88 Å². The van der Waals surface area contributed by atoms with Gasteiger partial charge in [-0.2, -0.15) is 0 Å². The van der Waals surface area contributed by atoms with Gasteiger partial charge in [-0.1, -0.05) is 18.2 Å². The summed E-state index contributed by atoms with van der Waals surface area (Å²) in [5, 5.41) is 4.19. The van der Waals surface area contributed by atoms with E-state index < -0.39 is 6.09 Å². The van der Waals surface area contributed by atoms with Crippen molar-refractivity contribution in [1.82, 2.24) is 4.98 Å². The van der Waals surface area contributed by atoms with Crippen LogP contribution in [0.1, 0.15) is 0 Å². The van der Waals surface area contributed by atoms with Gasteiger partial charge >= 0.3 is 6.09 Å². The van der Waals surface area contributed by atoms with Gasteiger partial charge in [0.15, 0.2) is 0 Å². The highest BCUT2D eigenvalue weighted by molar-refractivity contribution is 5.91. The van der Waals surface area contributed by atoms with Crippen molar-refractivity contribution >= 4 is 22.6 Å². The van der Waals surface area contributed by atoms with Gasteiger partial charge in [0.2, 0.25) is 5.88 Å². The number of carbonyl (C=O) groups is 1. The van der Waals surface area contributed by atoms with Gasteiger partial charge in [-0.25, -0.2) is 14.2 Å². The molecular formula is C16H11FN2O2. The fraction of sp³-hybridized carbons (Fsp3) is 0. The third-order valence-corrected chi connectivity index (χ3v) is 2.92. The summed E-state index contributed by atoms with van der Waals surface area (Å²) in [4.78, 5) is 15.9. The maximum atomic E-state index is 12.8. The van der Waals surface area contributed by atoms with Crippen molar-refractivity contribution in [2.45, 2.75) is 0 Å². The number of hydrogen-bond acceptors (Lipinski definition) is 3. The smallest absolute Gasteiger partial charge is 0.390 e. The molecule has 0 aliphatic carbocycles. The van der Waals surface area contributed by atoms with Gasteiger partial charge < -0.3 is 4.74 Å². The number of hydrogen-bond donors (Lipinski definition) is 1. The number of fused-ring (bicyclic) bond motifs is 1. The minimum Gasteiger partial charge on any atom is -0.390 e. The van der Waals surface area contributed by atoms with E-state index in [4.69, 9.17) is 4.74 Å². The summed E-state index contributed by atoms with van der Waals surface area (Å²) >= 11 is 0. The molecule has 0 spiro atoms. The second kappa shape index (κ2) is 5.58. The topological polar surface area (TPSA) is 51.2 Å². The highest BCUT2D eigenvalue weighted by Gasteiger charge is 2.09. The molecule has 0 fully saturated rings. The lowest BCUT2D eigenvalue weighted by molar-refractivity contribution is 0.214. The van der Waals surface area contributed by atoms with E-state index in [1.54, 1.807) is 6.20 Å². The first kappa shape index (κ1) is 13.1. The van der Waals surface area contributed by atoms with E-state index >= 15 is 0 Å². The van der Waals surface area contributed by atoms with Crippen LogP contribution in [0, 0.1) is 5.82 Å². The van der Waals surface area contributed by atoms with Gasteiger partial charge in [0.25, 0.3) is 0 Å². The van der Waals surface area contributed by atoms with Crippen molar-refractivity contribution in [2.24, 2.45) is 0 Å². The number of carbonyl (C=O) groups excluding carboxylic acids is 1. The standard InChI is InChI=1S/C16H11FN2O2/c17-12-5-7-13(8-6-12)19-16(20)21-15-14-4-2-1-3-11(14)9-10-18-15/h1-10H,(H,19,20). The Morgan fingerprint density at radius 1 is 1.05 bits per heavy atom. The molecule has 0 atom stereocenters. The van der Waals surface area contributed by atoms with Gasteiger partial charge in [-0.3, -0.25) is 5.32 Å². The Balaban J connectivity index is 1.79. The molecule has 0 unspecified atom stereocenters. The summed E-state index contributed by atoms with van der Waals surface area (Å²) in [6, 6.07) is 14.7. The number of benzene rings is 2. The van der Waals surface area contributed by atoms with Crippen LogP contribution < -0.4 is 10.1 Å². The molecule has 1 N–H and O–H groups in total. The number of amides is 1. The molecule has 0 aliphatic heterocycles. The quantitative estimate of drug-likeness (QED) is 0.773. The minimum absolute atomic E-state index is 0.229. The number of halogens is 1. The second-order valence-electron chi connectivity index (χ2n) is 4.36. The van der Waals surface area contributed by atoms with Crippen LogP contribution >= 0.6 is 0 Å². The number of pyridine rings is 1. The van der Waals surface area contributed by atoms with Crippen molar-refractivity contribution < 1.29 is 13.9 Å². The van der Waals surface area contributed by atoms with Gasteiger partial charge in [0.05, 0.1) is 0 Å². The van der Waals surface area contributed by atoms with Gasteiger partial charge in [-0.05, 0) is 41.8 Å². The average Bonchev–Trinajstić information content (AvgIpc) is 2.50. The first-order valence-corrected chi connectivity index (χ1v) is 6.30. The number of nitrogens with one attached hydrogen (secondary N) is 1. The predicted molar refractivity (Wildman–Crippen MR) is 77.8 cm³/mol. The predicted octanol–water partition coefficient (Wildman–Crippen LogP) is 3.98. The third kappa shape index (κ3) is 2.97. The fourth-order valence-electron chi connectivity index (χ4n) is 1.94. The fourth-order valence-corrected chi connectivity index (χ4v) is 1.94. The van der Waals surface area contributed by atoms with E-state index in [0.717, 1.165) is 10.8 Å². The molecule has 21 heavy (non-hydrogen) atoms. The second-order valence-corrected chi connectivity index (χ2v) is 4.36. The summed E-state index contributed by atoms with van der Waals surface area (Å²) < 4.78 is 18.0. The Hall–Kier alpha value is -2.95. The summed E-state index contributed by atoms with van der Waals surface area (Å²) in [7, 11) is 0. The molecule has 0 bridgehead atoms. The van der Waals surface area contributed by atoms with E-state index in [-0.39, 0.29) is 11.7 Å². The van der Waals surface area contributed by atoms with E-state index in [2.05, 4.69) is 10.3 Å². The maximum Gasteiger partial charge on any atom is 0.418 e. The summed E-state index contributed by atoms with van der Waals surface area (Å²) in [6.45, 7) is 0. The zero-order chi connectivity index (χ0) is 14.7. The lowest BCUT2D eigenvalue weighted by atomic mass is 10.2. The molecule has 3 aromatic rings. The van der Waals surface area contributed by atoms with Gasteiger partial charge in [0.1, 0.15) is 5.82 Å². The maximum absolute atomic E-state index is 12.8. The Labute approximate surface area is 120 Å². The summed E-state index contributed by atoms with van der Waals surface area (Å²) in [5.74, 6) is -0.141. The first-order chi connectivity index (χ1) is 10.2. The molecule has 0 radical (unpaired) electrons. The van der Waals surface area contributed by atoms with Crippen LogP contribution in [0.4, 0.5) is 14.9 Å². The third-order valence-electron chi connectivity index (χ3n) is 2.92. The van der Waals surface area contributed by atoms with Crippen molar-refractivity contribution in [3.05, 3.63) is 66.6 Å². The van der Waals surface area contributed by atoms with Crippen LogP contribution in [-0.2, 0) is 0 Å². The zero-order valence-electron chi connectivity index (χ0n) is 10.9.